The van der Waals surface area contributed by atoms with Gasteiger partial charge in [-0.15, -0.1) is 0 Å². The van der Waals surface area contributed by atoms with Crippen molar-refractivity contribution in [3.8, 4) is 0 Å². The van der Waals surface area contributed by atoms with Gasteiger partial charge in [-0.1, -0.05) is 68.4 Å². The van der Waals surface area contributed by atoms with Gasteiger partial charge in [-0.3, -0.25) is 4.98 Å². The van der Waals surface area contributed by atoms with Gasteiger partial charge in [0.05, 0.1) is 17.4 Å². The summed E-state index contributed by atoms with van der Waals surface area (Å²) in [4.78, 5) is 6.83. The van der Waals surface area contributed by atoms with E-state index in [4.69, 9.17) is 0 Å². The predicted octanol–water partition coefficient (Wildman–Crippen LogP) is 6.73. The molecule has 0 amide bonds. The lowest BCUT2D eigenvalue weighted by Crippen LogP contribution is -2.09. The average Bonchev–Trinajstić information content (AvgIpc) is 2.71. The minimum atomic E-state index is 1.01. The monoisotopic (exact) mass is 326 g/mol. The molecule has 0 fully saturated rings. The highest BCUT2D eigenvalue weighted by molar-refractivity contribution is 5.85. The number of rotatable bonds is 3. The van der Waals surface area contributed by atoms with E-state index in [1.165, 1.54) is 0 Å². The zero-order chi connectivity index (χ0) is 17.5. The molecular formula is C23H22N2. The highest BCUT2D eigenvalue weighted by atomic mass is 15.1. The van der Waals surface area contributed by atoms with E-state index in [0.717, 1.165) is 28.0 Å². The summed E-state index contributed by atoms with van der Waals surface area (Å²) >= 11 is 0. The minimum absolute atomic E-state index is 1.01. The Morgan fingerprint density at radius 1 is 0.600 bits per heavy atom. The fraction of sp³-hybridized carbons (Fsp3) is 0.0870. The van der Waals surface area contributed by atoms with Crippen LogP contribution in [0, 0.1) is 0 Å². The fourth-order valence-electron chi connectivity index (χ4n) is 2.78. The van der Waals surface area contributed by atoms with Crippen LogP contribution < -0.4 is 4.90 Å². The van der Waals surface area contributed by atoms with Crippen molar-refractivity contribution in [3.63, 3.8) is 0 Å². The number of pyridine rings is 1. The summed E-state index contributed by atoms with van der Waals surface area (Å²) in [5, 5.41) is 1.14. The highest BCUT2D eigenvalue weighted by Gasteiger charge is 2.12. The van der Waals surface area contributed by atoms with Gasteiger partial charge in [0.2, 0.25) is 0 Å². The first-order chi connectivity index (χ1) is 12.4. The summed E-state index contributed by atoms with van der Waals surface area (Å²) in [5.74, 6) is 0. The van der Waals surface area contributed by atoms with Crippen molar-refractivity contribution < 1.29 is 0 Å². The third-order valence-corrected chi connectivity index (χ3v) is 3.86. The van der Waals surface area contributed by atoms with Crippen LogP contribution in [-0.2, 0) is 0 Å². The summed E-state index contributed by atoms with van der Waals surface area (Å²) < 4.78 is 0. The lowest BCUT2D eigenvalue weighted by atomic mass is 10.1. The van der Waals surface area contributed by atoms with Crippen LogP contribution in [0.15, 0.2) is 97.2 Å². The van der Waals surface area contributed by atoms with Crippen molar-refractivity contribution in [2.75, 3.05) is 4.90 Å². The number of aromatic nitrogens is 1. The molecule has 0 spiro atoms. The van der Waals surface area contributed by atoms with E-state index in [2.05, 4.69) is 70.5 Å². The Hall–Kier alpha value is -3.13. The maximum atomic E-state index is 4.61. The quantitative estimate of drug-likeness (QED) is 0.415. The lowest BCUT2D eigenvalue weighted by Gasteiger charge is -2.25. The van der Waals surface area contributed by atoms with E-state index in [9.17, 15) is 0 Å². The molecule has 2 nitrogen and oxygen atoms in total. The molecule has 1 aromatic heterocycles. The molecule has 25 heavy (non-hydrogen) atoms. The second-order valence-electron chi connectivity index (χ2n) is 5.39. The highest BCUT2D eigenvalue weighted by Crippen LogP contribution is 2.34. The van der Waals surface area contributed by atoms with Gasteiger partial charge in [-0.05, 0) is 36.4 Å². The van der Waals surface area contributed by atoms with Crippen LogP contribution in [0.25, 0.3) is 10.9 Å². The van der Waals surface area contributed by atoms with Crippen LogP contribution >= 0.6 is 0 Å². The number of benzene rings is 3. The third-order valence-electron chi connectivity index (χ3n) is 3.86. The van der Waals surface area contributed by atoms with Crippen LogP contribution in [0.2, 0.25) is 0 Å². The van der Waals surface area contributed by atoms with E-state index in [0.29, 0.717) is 0 Å². The summed E-state index contributed by atoms with van der Waals surface area (Å²) in [5.41, 5.74) is 4.31. The number of hydrogen-bond donors (Lipinski definition) is 0. The molecule has 0 aliphatic carbocycles. The number of anilines is 3. The number of para-hydroxylation sites is 3. The zero-order valence-electron chi connectivity index (χ0n) is 14.6. The molecule has 0 bridgehead atoms. The summed E-state index contributed by atoms with van der Waals surface area (Å²) in [6.07, 6.45) is 1.93. The van der Waals surface area contributed by atoms with Gasteiger partial charge >= 0.3 is 0 Å². The molecule has 0 radical (unpaired) electrons. The lowest BCUT2D eigenvalue weighted by molar-refractivity contribution is 1.25. The van der Waals surface area contributed by atoms with Crippen LogP contribution in [0.5, 0.6) is 0 Å². The Labute approximate surface area is 149 Å². The number of hydrogen-bond acceptors (Lipinski definition) is 2. The SMILES string of the molecule is CC.c1ccc(N(c2ccccc2)c2cnc3ccccc3c2)cc1. The van der Waals surface area contributed by atoms with Crippen LogP contribution in [0.1, 0.15) is 13.8 Å². The standard InChI is InChI=1S/C21H16N2.C2H6/c1-3-10-18(11-4-1)23(19-12-5-2-6-13-19)20-15-17-9-7-8-14-21(17)22-16-20;1-2/h1-16H;1-2H3. The van der Waals surface area contributed by atoms with Crippen molar-refractivity contribution in [2.45, 2.75) is 13.8 Å². The third kappa shape index (κ3) is 3.69. The first kappa shape index (κ1) is 16.7. The summed E-state index contributed by atoms with van der Waals surface area (Å²) in [6.45, 7) is 4.00. The van der Waals surface area contributed by atoms with Gasteiger partial charge in [-0.2, -0.15) is 0 Å². The van der Waals surface area contributed by atoms with E-state index in [1.54, 1.807) is 0 Å². The first-order valence-electron chi connectivity index (χ1n) is 8.67. The maximum Gasteiger partial charge on any atom is 0.0703 e. The molecule has 0 aliphatic rings. The first-order valence-corrected chi connectivity index (χ1v) is 8.67. The molecule has 2 heteroatoms. The molecule has 0 atom stereocenters. The van der Waals surface area contributed by atoms with Gasteiger partial charge < -0.3 is 4.90 Å². The van der Waals surface area contributed by atoms with Crippen molar-refractivity contribution in [1.29, 1.82) is 0 Å². The van der Waals surface area contributed by atoms with Gasteiger partial charge in [0.1, 0.15) is 0 Å². The predicted molar refractivity (Wildman–Crippen MR) is 108 cm³/mol. The molecule has 0 unspecified atom stereocenters. The van der Waals surface area contributed by atoms with E-state index >= 15 is 0 Å². The Bertz CT molecular complexity index is 878. The van der Waals surface area contributed by atoms with Gasteiger partial charge in [0.25, 0.3) is 0 Å². The van der Waals surface area contributed by atoms with Crippen molar-refractivity contribution >= 4 is 28.0 Å². The largest absolute Gasteiger partial charge is 0.309 e. The molecule has 4 rings (SSSR count). The molecule has 0 aliphatic heterocycles. The smallest absolute Gasteiger partial charge is 0.0703 e. The van der Waals surface area contributed by atoms with Crippen molar-refractivity contribution in [1.82, 2.24) is 4.98 Å². The van der Waals surface area contributed by atoms with Gasteiger partial charge in [0.15, 0.2) is 0 Å². The summed E-state index contributed by atoms with van der Waals surface area (Å²) in [7, 11) is 0. The molecule has 0 N–H and O–H groups in total. The Morgan fingerprint density at radius 3 is 1.72 bits per heavy atom. The molecule has 0 saturated heterocycles. The fourth-order valence-corrected chi connectivity index (χ4v) is 2.78. The topological polar surface area (TPSA) is 16.1 Å². The zero-order valence-corrected chi connectivity index (χ0v) is 14.6. The molecule has 0 saturated carbocycles. The van der Waals surface area contributed by atoms with E-state index < -0.39 is 0 Å². The van der Waals surface area contributed by atoms with E-state index in [-0.39, 0.29) is 0 Å². The van der Waals surface area contributed by atoms with Crippen LogP contribution in [-0.4, -0.2) is 4.98 Å². The second kappa shape index (κ2) is 8.11. The second-order valence-corrected chi connectivity index (χ2v) is 5.39. The van der Waals surface area contributed by atoms with Gasteiger partial charge in [-0.25, -0.2) is 0 Å². The molecule has 1 heterocycles. The Balaban J connectivity index is 0.000000880. The molecular weight excluding hydrogens is 304 g/mol. The Morgan fingerprint density at radius 2 is 1.12 bits per heavy atom. The minimum Gasteiger partial charge on any atom is -0.309 e. The molecule has 3 aromatic carbocycles. The molecule has 124 valence electrons. The van der Waals surface area contributed by atoms with Crippen molar-refractivity contribution in [3.05, 3.63) is 97.2 Å². The normalized spacial score (nSPS) is 10.0. The van der Waals surface area contributed by atoms with Crippen LogP contribution in [0.4, 0.5) is 17.1 Å². The van der Waals surface area contributed by atoms with E-state index in [1.807, 2.05) is 50.4 Å². The van der Waals surface area contributed by atoms with Gasteiger partial charge in [0, 0.05) is 16.8 Å². The summed E-state index contributed by atoms with van der Waals surface area (Å²) in [6, 6.07) is 31.1. The average molecular weight is 326 g/mol. The number of nitrogens with zero attached hydrogens (tertiary/aromatic N) is 2. The Kier molecular flexibility index (Phi) is 5.43. The molecule has 4 aromatic rings. The van der Waals surface area contributed by atoms with Crippen LogP contribution in [0.3, 0.4) is 0 Å². The van der Waals surface area contributed by atoms with Crippen molar-refractivity contribution in [2.24, 2.45) is 0 Å². The number of fused-ring (bicyclic) bond motifs is 1. The maximum absolute atomic E-state index is 4.61.